The highest BCUT2D eigenvalue weighted by atomic mass is 19.2. The first-order valence-corrected chi connectivity index (χ1v) is 9.88. The number of rotatable bonds is 3. The molecule has 0 saturated heterocycles. The van der Waals surface area contributed by atoms with E-state index in [2.05, 4.69) is 15.3 Å². The first-order chi connectivity index (χ1) is 14.0. The molecular weight excluding hydrogens is 381 g/mol. The molecule has 1 aliphatic heterocycles. The molecule has 5 rings (SSSR count). The summed E-state index contributed by atoms with van der Waals surface area (Å²) < 4.78 is 50.5. The number of halogens is 3. The van der Waals surface area contributed by atoms with E-state index in [1.807, 2.05) is 4.57 Å². The van der Waals surface area contributed by atoms with Crippen molar-refractivity contribution in [1.82, 2.24) is 19.9 Å². The molecule has 2 aromatic heterocycles. The quantitative estimate of drug-likeness (QED) is 0.720. The molecule has 29 heavy (non-hydrogen) atoms. The Balaban J connectivity index is 1.40. The van der Waals surface area contributed by atoms with E-state index in [0.717, 1.165) is 18.9 Å². The number of aromatic nitrogens is 3. The Morgan fingerprint density at radius 2 is 2.03 bits per heavy atom. The van der Waals surface area contributed by atoms with Crippen LogP contribution in [0.5, 0.6) is 5.75 Å². The molecule has 8 heteroatoms. The maximum absolute atomic E-state index is 14.3. The van der Waals surface area contributed by atoms with Gasteiger partial charge >= 0.3 is 0 Å². The summed E-state index contributed by atoms with van der Waals surface area (Å²) in [5.74, 6) is -1.00. The summed E-state index contributed by atoms with van der Waals surface area (Å²) in [5.41, 5.74) is 1.67. The number of nitrogens with one attached hydrogen (secondary N) is 1. The van der Waals surface area contributed by atoms with Gasteiger partial charge < -0.3 is 14.6 Å². The van der Waals surface area contributed by atoms with E-state index in [4.69, 9.17) is 4.74 Å². The Kier molecular flexibility index (Phi) is 4.46. The average Bonchev–Trinajstić information content (AvgIpc) is 3.30. The van der Waals surface area contributed by atoms with Crippen molar-refractivity contribution >= 4 is 11.0 Å². The van der Waals surface area contributed by atoms with Crippen LogP contribution in [0.3, 0.4) is 0 Å². The lowest BCUT2D eigenvalue weighted by Crippen LogP contribution is -2.26. The van der Waals surface area contributed by atoms with Gasteiger partial charge in [0, 0.05) is 48.6 Å². The Morgan fingerprint density at radius 3 is 2.90 bits per heavy atom. The molecule has 3 aromatic rings. The van der Waals surface area contributed by atoms with Crippen LogP contribution < -0.4 is 10.1 Å². The molecular formula is C21H21F3N4O. The second kappa shape index (κ2) is 7.02. The predicted molar refractivity (Wildman–Crippen MR) is 101 cm³/mol. The summed E-state index contributed by atoms with van der Waals surface area (Å²) >= 11 is 0. The summed E-state index contributed by atoms with van der Waals surface area (Å²) in [5, 5.41) is 3.59. The van der Waals surface area contributed by atoms with Gasteiger partial charge in [0.05, 0.1) is 5.39 Å². The van der Waals surface area contributed by atoms with Gasteiger partial charge in [0.25, 0.3) is 0 Å². The van der Waals surface area contributed by atoms with Crippen LogP contribution in [-0.4, -0.2) is 27.2 Å². The number of fused-ring (bicyclic) bond motifs is 2. The highest BCUT2D eigenvalue weighted by Crippen LogP contribution is 2.38. The van der Waals surface area contributed by atoms with Crippen molar-refractivity contribution in [2.24, 2.45) is 0 Å². The van der Waals surface area contributed by atoms with Crippen LogP contribution in [0.4, 0.5) is 13.2 Å². The number of benzene rings is 1. The number of hydrogen-bond acceptors (Lipinski definition) is 4. The molecule has 2 unspecified atom stereocenters. The fraction of sp³-hybridized carbons (Fsp3) is 0.429. The Hall–Kier alpha value is -2.61. The van der Waals surface area contributed by atoms with Gasteiger partial charge in [-0.3, -0.25) is 0 Å². The summed E-state index contributed by atoms with van der Waals surface area (Å²) in [6.07, 6.45) is 5.45. The van der Waals surface area contributed by atoms with Gasteiger partial charge in [-0.25, -0.2) is 23.1 Å². The van der Waals surface area contributed by atoms with Crippen molar-refractivity contribution in [3.63, 3.8) is 0 Å². The van der Waals surface area contributed by atoms with Crippen molar-refractivity contribution in [1.29, 1.82) is 0 Å². The fourth-order valence-electron chi connectivity index (χ4n) is 4.49. The summed E-state index contributed by atoms with van der Waals surface area (Å²) in [4.78, 5) is 8.47. The zero-order chi connectivity index (χ0) is 20.1. The van der Waals surface area contributed by atoms with Gasteiger partial charge in [0.15, 0.2) is 17.5 Å². The minimum atomic E-state index is -0.874. The molecule has 5 nitrogen and oxygen atoms in total. The maximum atomic E-state index is 14.3. The van der Waals surface area contributed by atoms with E-state index in [-0.39, 0.29) is 18.0 Å². The normalized spacial score (nSPS) is 21.5. The maximum Gasteiger partial charge on any atom is 0.162 e. The van der Waals surface area contributed by atoms with Gasteiger partial charge in [-0.2, -0.15) is 0 Å². The average molecular weight is 402 g/mol. The molecule has 1 aliphatic carbocycles. The molecule has 152 valence electrons. The lowest BCUT2D eigenvalue weighted by Gasteiger charge is -2.24. The Bertz CT molecular complexity index is 1100. The zero-order valence-electron chi connectivity index (χ0n) is 16.0. The molecule has 1 saturated carbocycles. The molecule has 0 bridgehead atoms. The monoisotopic (exact) mass is 402 g/mol. The zero-order valence-corrected chi connectivity index (χ0v) is 16.0. The summed E-state index contributed by atoms with van der Waals surface area (Å²) in [6.45, 7) is 2.85. The molecule has 0 spiro atoms. The van der Waals surface area contributed by atoms with Crippen LogP contribution in [-0.2, 0) is 13.0 Å². The molecule has 2 atom stereocenters. The smallest absolute Gasteiger partial charge is 0.162 e. The van der Waals surface area contributed by atoms with Gasteiger partial charge in [-0.05, 0) is 32.7 Å². The largest absolute Gasteiger partial charge is 0.490 e. The van der Waals surface area contributed by atoms with Crippen LogP contribution >= 0.6 is 0 Å². The summed E-state index contributed by atoms with van der Waals surface area (Å²) in [6, 6.07) is 1.18. The minimum Gasteiger partial charge on any atom is -0.490 e. The minimum absolute atomic E-state index is 0.0283. The topological polar surface area (TPSA) is 52.0 Å². The van der Waals surface area contributed by atoms with Gasteiger partial charge in [-0.1, -0.05) is 0 Å². The van der Waals surface area contributed by atoms with Crippen LogP contribution in [0.25, 0.3) is 11.0 Å². The van der Waals surface area contributed by atoms with Crippen molar-refractivity contribution in [2.75, 3.05) is 6.54 Å². The van der Waals surface area contributed by atoms with Crippen molar-refractivity contribution < 1.29 is 17.9 Å². The van der Waals surface area contributed by atoms with E-state index in [0.29, 0.717) is 59.7 Å². The lowest BCUT2D eigenvalue weighted by molar-refractivity contribution is 0.200. The third-order valence-electron chi connectivity index (χ3n) is 5.93. The SMILES string of the molecule is Cc1ncc2c(F)cn(C3CCC(Oc4cc(F)c(F)c5c4CNCC5)C3)c2n1. The lowest BCUT2D eigenvalue weighted by atomic mass is 9.99. The van der Waals surface area contributed by atoms with Gasteiger partial charge in [0.1, 0.15) is 23.3 Å². The third-order valence-corrected chi connectivity index (χ3v) is 5.93. The number of aryl methyl sites for hydroxylation is 1. The highest BCUT2D eigenvalue weighted by Gasteiger charge is 2.31. The van der Waals surface area contributed by atoms with E-state index < -0.39 is 11.6 Å². The van der Waals surface area contributed by atoms with E-state index in [1.54, 1.807) is 6.92 Å². The van der Waals surface area contributed by atoms with Crippen molar-refractivity contribution in [3.05, 3.63) is 52.9 Å². The van der Waals surface area contributed by atoms with Crippen LogP contribution in [0, 0.1) is 24.4 Å². The summed E-state index contributed by atoms with van der Waals surface area (Å²) in [7, 11) is 0. The fourth-order valence-corrected chi connectivity index (χ4v) is 4.49. The number of hydrogen-bond donors (Lipinski definition) is 1. The van der Waals surface area contributed by atoms with E-state index in [1.165, 1.54) is 12.4 Å². The molecule has 2 aliphatic rings. The first-order valence-electron chi connectivity index (χ1n) is 9.88. The van der Waals surface area contributed by atoms with Crippen LogP contribution in [0.1, 0.15) is 42.3 Å². The molecule has 0 radical (unpaired) electrons. The second-order valence-electron chi connectivity index (χ2n) is 7.80. The van der Waals surface area contributed by atoms with Gasteiger partial charge in [-0.15, -0.1) is 0 Å². The molecule has 1 aromatic carbocycles. The number of nitrogens with zero attached hydrogens (tertiary/aromatic N) is 3. The predicted octanol–water partition coefficient (Wildman–Crippen LogP) is 3.98. The number of ether oxygens (including phenoxy) is 1. The standard InChI is InChI=1S/C21H21F3N4O/c1-11-26-9-16-18(23)10-28(21(16)27-11)12-2-3-13(6-12)29-19-7-17(22)20(24)14-4-5-25-8-15(14)19/h7,9-10,12-13,25H,2-6,8H2,1H3. The van der Waals surface area contributed by atoms with Crippen LogP contribution in [0.2, 0.25) is 0 Å². The van der Waals surface area contributed by atoms with Crippen LogP contribution in [0.15, 0.2) is 18.5 Å². The van der Waals surface area contributed by atoms with Crippen molar-refractivity contribution in [2.45, 2.75) is 51.3 Å². The van der Waals surface area contributed by atoms with Gasteiger partial charge in [0.2, 0.25) is 0 Å². The third kappa shape index (κ3) is 3.15. The van der Waals surface area contributed by atoms with E-state index in [9.17, 15) is 13.2 Å². The second-order valence-corrected chi connectivity index (χ2v) is 7.80. The Morgan fingerprint density at radius 1 is 1.17 bits per heavy atom. The van der Waals surface area contributed by atoms with E-state index >= 15 is 0 Å². The first kappa shape index (κ1) is 18.4. The molecule has 1 N–H and O–H groups in total. The van der Waals surface area contributed by atoms with Crippen molar-refractivity contribution in [3.8, 4) is 5.75 Å². The Labute approximate surface area is 165 Å². The molecule has 0 amide bonds. The molecule has 1 fully saturated rings. The highest BCUT2D eigenvalue weighted by molar-refractivity contribution is 5.76. The molecule has 3 heterocycles.